The molecule has 0 radical (unpaired) electrons. The summed E-state index contributed by atoms with van der Waals surface area (Å²) in [5.41, 5.74) is 0.394. The zero-order valence-corrected chi connectivity index (χ0v) is 12.4. The molecule has 112 valence electrons. The minimum atomic E-state index is -0.0908. The van der Waals surface area contributed by atoms with Crippen LogP contribution in [0.15, 0.2) is 35.2 Å². The van der Waals surface area contributed by atoms with Crippen LogP contribution in [0.25, 0.3) is 0 Å². The molecule has 0 unspecified atom stereocenters. The first kappa shape index (κ1) is 15.0. The summed E-state index contributed by atoms with van der Waals surface area (Å²) in [5.74, 6) is 1.32. The number of unbranched alkanes of at least 4 members (excludes halogenated alkanes) is 1. The molecule has 0 spiro atoms. The van der Waals surface area contributed by atoms with Crippen LogP contribution >= 0.6 is 0 Å². The number of hydrogen-bond donors (Lipinski definition) is 1. The van der Waals surface area contributed by atoms with E-state index in [1.54, 1.807) is 24.3 Å². The molecular formula is C15H20N4O2. The summed E-state index contributed by atoms with van der Waals surface area (Å²) in [5, 5.41) is 3.11. The van der Waals surface area contributed by atoms with Crippen LogP contribution < -0.4 is 5.32 Å². The molecule has 0 bridgehead atoms. The van der Waals surface area contributed by atoms with Gasteiger partial charge in [0.1, 0.15) is 23.6 Å². The van der Waals surface area contributed by atoms with E-state index in [1.807, 2.05) is 12.1 Å². The van der Waals surface area contributed by atoms with Crippen molar-refractivity contribution in [3.05, 3.63) is 42.2 Å². The van der Waals surface area contributed by atoms with Crippen LogP contribution in [0.1, 0.15) is 36.0 Å². The standard InChI is InChI=1S/C15H20N4O2/c1-3-4-7-19(2)15(20)13-9-14(18-11-17-13)16-10-12-6-5-8-21-12/h5-6,8-9,11H,3-4,7,10H2,1-2H3,(H,16,17,18). The van der Waals surface area contributed by atoms with Crippen molar-refractivity contribution in [2.24, 2.45) is 0 Å². The molecule has 0 saturated carbocycles. The van der Waals surface area contributed by atoms with Crippen molar-refractivity contribution in [3.8, 4) is 0 Å². The second kappa shape index (κ2) is 7.42. The van der Waals surface area contributed by atoms with Gasteiger partial charge in [0.25, 0.3) is 5.91 Å². The molecule has 2 rings (SSSR count). The fraction of sp³-hybridized carbons (Fsp3) is 0.400. The lowest BCUT2D eigenvalue weighted by atomic mass is 10.3. The van der Waals surface area contributed by atoms with E-state index in [1.165, 1.54) is 6.33 Å². The predicted octanol–water partition coefficient (Wildman–Crippen LogP) is 2.55. The lowest BCUT2D eigenvalue weighted by Crippen LogP contribution is -2.28. The molecule has 0 atom stereocenters. The summed E-state index contributed by atoms with van der Waals surface area (Å²) < 4.78 is 5.23. The Balaban J connectivity index is 1.98. The number of nitrogens with zero attached hydrogens (tertiary/aromatic N) is 3. The normalized spacial score (nSPS) is 10.4. The van der Waals surface area contributed by atoms with Crippen molar-refractivity contribution in [1.29, 1.82) is 0 Å². The highest BCUT2D eigenvalue weighted by atomic mass is 16.3. The second-order valence-corrected chi connectivity index (χ2v) is 4.80. The first-order valence-corrected chi connectivity index (χ1v) is 7.04. The summed E-state index contributed by atoms with van der Waals surface area (Å²) in [6, 6.07) is 5.36. The maximum atomic E-state index is 12.2. The molecule has 0 aliphatic rings. The van der Waals surface area contributed by atoms with Crippen molar-refractivity contribution >= 4 is 11.7 Å². The van der Waals surface area contributed by atoms with E-state index < -0.39 is 0 Å². The highest BCUT2D eigenvalue weighted by molar-refractivity contribution is 5.92. The van der Waals surface area contributed by atoms with E-state index in [0.717, 1.165) is 25.1 Å². The van der Waals surface area contributed by atoms with Gasteiger partial charge in [-0.15, -0.1) is 0 Å². The van der Waals surface area contributed by atoms with Gasteiger partial charge in [-0.3, -0.25) is 4.79 Å². The van der Waals surface area contributed by atoms with Gasteiger partial charge in [-0.05, 0) is 18.6 Å². The Labute approximate surface area is 124 Å². The van der Waals surface area contributed by atoms with Crippen LogP contribution in [0.2, 0.25) is 0 Å². The van der Waals surface area contributed by atoms with Gasteiger partial charge in [0.05, 0.1) is 12.8 Å². The predicted molar refractivity (Wildman–Crippen MR) is 79.9 cm³/mol. The zero-order valence-electron chi connectivity index (χ0n) is 12.4. The maximum Gasteiger partial charge on any atom is 0.272 e. The van der Waals surface area contributed by atoms with E-state index in [-0.39, 0.29) is 5.91 Å². The molecule has 0 saturated heterocycles. The molecule has 0 aliphatic heterocycles. The molecule has 0 fully saturated rings. The number of amides is 1. The Morgan fingerprint density at radius 3 is 3.00 bits per heavy atom. The molecule has 0 aromatic carbocycles. The summed E-state index contributed by atoms with van der Waals surface area (Å²) in [6.07, 6.45) is 5.05. The van der Waals surface area contributed by atoms with Gasteiger partial charge in [0.2, 0.25) is 0 Å². The highest BCUT2D eigenvalue weighted by Gasteiger charge is 2.13. The Morgan fingerprint density at radius 2 is 2.29 bits per heavy atom. The number of carbonyl (C=O) groups excluding carboxylic acids is 1. The van der Waals surface area contributed by atoms with Crippen LogP contribution in [0.3, 0.4) is 0 Å². The van der Waals surface area contributed by atoms with Crippen molar-refractivity contribution in [2.45, 2.75) is 26.3 Å². The zero-order chi connectivity index (χ0) is 15.1. The van der Waals surface area contributed by atoms with Gasteiger partial charge >= 0.3 is 0 Å². The Hall–Kier alpha value is -2.37. The number of anilines is 1. The lowest BCUT2D eigenvalue weighted by Gasteiger charge is -2.16. The summed E-state index contributed by atoms with van der Waals surface area (Å²) in [6.45, 7) is 3.34. The van der Waals surface area contributed by atoms with E-state index in [9.17, 15) is 4.79 Å². The molecule has 6 heteroatoms. The molecule has 21 heavy (non-hydrogen) atoms. The Kier molecular flexibility index (Phi) is 5.31. The average molecular weight is 288 g/mol. The topological polar surface area (TPSA) is 71.3 Å². The molecule has 6 nitrogen and oxygen atoms in total. The van der Waals surface area contributed by atoms with Crippen LogP contribution in [0.4, 0.5) is 5.82 Å². The Bertz CT molecular complexity index is 569. The number of carbonyl (C=O) groups is 1. The SMILES string of the molecule is CCCCN(C)C(=O)c1cc(NCc2ccco2)ncn1. The summed E-state index contributed by atoms with van der Waals surface area (Å²) in [7, 11) is 1.79. The average Bonchev–Trinajstić information content (AvgIpc) is 3.03. The minimum absolute atomic E-state index is 0.0908. The fourth-order valence-electron chi connectivity index (χ4n) is 1.85. The van der Waals surface area contributed by atoms with Gasteiger partial charge in [-0.1, -0.05) is 13.3 Å². The first-order chi connectivity index (χ1) is 10.2. The monoisotopic (exact) mass is 288 g/mol. The van der Waals surface area contributed by atoms with E-state index in [0.29, 0.717) is 18.1 Å². The molecule has 2 aromatic heterocycles. The summed E-state index contributed by atoms with van der Waals surface area (Å²) >= 11 is 0. The maximum absolute atomic E-state index is 12.2. The van der Waals surface area contributed by atoms with Crippen molar-refractivity contribution in [1.82, 2.24) is 14.9 Å². The van der Waals surface area contributed by atoms with Crippen molar-refractivity contribution in [3.63, 3.8) is 0 Å². The molecule has 2 heterocycles. The van der Waals surface area contributed by atoms with Gasteiger partial charge < -0.3 is 14.6 Å². The lowest BCUT2D eigenvalue weighted by molar-refractivity contribution is 0.0787. The van der Waals surface area contributed by atoms with Gasteiger partial charge in [0, 0.05) is 19.7 Å². The highest BCUT2D eigenvalue weighted by Crippen LogP contribution is 2.09. The fourth-order valence-corrected chi connectivity index (χ4v) is 1.85. The van der Waals surface area contributed by atoms with E-state index >= 15 is 0 Å². The largest absolute Gasteiger partial charge is 0.467 e. The second-order valence-electron chi connectivity index (χ2n) is 4.80. The number of rotatable bonds is 7. The summed E-state index contributed by atoms with van der Waals surface area (Å²) in [4.78, 5) is 22.1. The van der Waals surface area contributed by atoms with E-state index in [2.05, 4.69) is 22.2 Å². The number of nitrogens with one attached hydrogen (secondary N) is 1. The van der Waals surface area contributed by atoms with Crippen LogP contribution in [-0.4, -0.2) is 34.4 Å². The van der Waals surface area contributed by atoms with Crippen LogP contribution in [-0.2, 0) is 6.54 Å². The molecule has 1 amide bonds. The Morgan fingerprint density at radius 1 is 1.43 bits per heavy atom. The van der Waals surface area contributed by atoms with Crippen molar-refractivity contribution in [2.75, 3.05) is 18.9 Å². The number of furan rings is 1. The number of hydrogen-bond acceptors (Lipinski definition) is 5. The molecule has 2 aromatic rings. The first-order valence-electron chi connectivity index (χ1n) is 7.04. The van der Waals surface area contributed by atoms with Crippen LogP contribution in [0, 0.1) is 0 Å². The third-order valence-electron chi connectivity index (χ3n) is 3.10. The van der Waals surface area contributed by atoms with Gasteiger partial charge in [-0.25, -0.2) is 9.97 Å². The van der Waals surface area contributed by atoms with Gasteiger partial charge in [-0.2, -0.15) is 0 Å². The molecule has 0 aliphatic carbocycles. The minimum Gasteiger partial charge on any atom is -0.467 e. The molecule has 1 N–H and O–H groups in total. The molecular weight excluding hydrogens is 268 g/mol. The third-order valence-corrected chi connectivity index (χ3v) is 3.10. The van der Waals surface area contributed by atoms with Gasteiger partial charge in [0.15, 0.2) is 0 Å². The third kappa shape index (κ3) is 4.30. The van der Waals surface area contributed by atoms with Crippen molar-refractivity contribution < 1.29 is 9.21 Å². The number of aromatic nitrogens is 2. The smallest absolute Gasteiger partial charge is 0.272 e. The van der Waals surface area contributed by atoms with Crippen LogP contribution in [0.5, 0.6) is 0 Å². The quantitative estimate of drug-likeness (QED) is 0.847. The van der Waals surface area contributed by atoms with E-state index in [4.69, 9.17) is 4.42 Å².